The Kier molecular flexibility index (Phi) is 4.96. The van der Waals surface area contributed by atoms with E-state index >= 15 is 0 Å². The van der Waals surface area contributed by atoms with Crippen molar-refractivity contribution >= 4 is 23.0 Å². The average Bonchev–Trinajstić information content (AvgIpc) is 3.22. The Labute approximate surface area is 162 Å². The van der Waals surface area contributed by atoms with E-state index < -0.39 is 18.6 Å². The number of nitrogens with zero attached hydrogens (tertiary/aromatic N) is 2. The van der Waals surface area contributed by atoms with Crippen LogP contribution in [0.1, 0.15) is 10.4 Å². The van der Waals surface area contributed by atoms with Gasteiger partial charge in [0.1, 0.15) is 24.0 Å². The van der Waals surface area contributed by atoms with Crippen LogP contribution in [0.15, 0.2) is 53.0 Å². The molecular weight excluding hydrogens is 408 g/mol. The number of thiophene rings is 1. The molecule has 2 aliphatic heterocycles. The predicted molar refractivity (Wildman–Crippen MR) is 84.0 cm³/mol. The van der Waals surface area contributed by atoms with Crippen LogP contribution in [0, 0.1) is 6.41 Å². The van der Waals surface area contributed by atoms with Crippen LogP contribution in [0.4, 0.5) is 13.2 Å². The Hall–Kier alpha value is -2.10. The topological polar surface area (TPSA) is 54.3 Å². The van der Waals surface area contributed by atoms with Gasteiger partial charge in [-0.05, 0) is 29.7 Å². The summed E-state index contributed by atoms with van der Waals surface area (Å²) in [5.74, 6) is -0.266. The van der Waals surface area contributed by atoms with Crippen molar-refractivity contribution < 1.29 is 46.3 Å². The second kappa shape index (κ2) is 6.90. The number of hydrogen-bond donors (Lipinski definition) is 1. The zero-order chi connectivity index (χ0) is 17.6. The van der Waals surface area contributed by atoms with Crippen LogP contribution >= 0.6 is 11.3 Å². The molecule has 10 heteroatoms. The van der Waals surface area contributed by atoms with Gasteiger partial charge in [0.2, 0.25) is 5.90 Å². The van der Waals surface area contributed by atoms with Crippen LogP contribution in [0.25, 0.3) is 5.76 Å². The van der Waals surface area contributed by atoms with Crippen molar-refractivity contribution in [2.45, 2.75) is 12.2 Å². The van der Waals surface area contributed by atoms with Crippen molar-refractivity contribution in [3.8, 4) is 5.75 Å². The summed E-state index contributed by atoms with van der Waals surface area (Å²) in [5.41, 5.74) is 0.173. The molecule has 0 bridgehead atoms. The third-order valence-corrected chi connectivity index (χ3v) is 4.46. The Morgan fingerprint density at radius 1 is 1.15 bits per heavy atom. The molecule has 2 aliphatic rings. The van der Waals surface area contributed by atoms with E-state index in [4.69, 9.17) is 9.47 Å². The fraction of sp³-hybridized carbons (Fsp3) is 0.125. The number of alkyl halides is 3. The zero-order valence-electron chi connectivity index (χ0n) is 12.8. The molecule has 1 radical (unpaired) electrons. The van der Waals surface area contributed by atoms with E-state index in [-0.39, 0.29) is 41.5 Å². The number of para-hydroxylation sites is 1. The van der Waals surface area contributed by atoms with Gasteiger partial charge in [-0.25, -0.2) is 0 Å². The maximum absolute atomic E-state index is 13.5. The van der Waals surface area contributed by atoms with Crippen molar-refractivity contribution in [1.29, 1.82) is 0 Å². The fourth-order valence-electron chi connectivity index (χ4n) is 2.42. The minimum atomic E-state index is -4.58. The van der Waals surface area contributed by atoms with Crippen LogP contribution < -0.4 is 0 Å². The standard InChI is InChI=1S/C16H10F3N2O3S.V/c17-16(18,19)13-8-11(12-6-3-7-25-12)23-15-21(13)20-14(24-15)9-4-1-2-5-10(9)22;/h1-8,13,22H;/q-1;. The normalized spacial score (nSPS) is 19.7. The quantitative estimate of drug-likeness (QED) is 0.752. The van der Waals surface area contributed by atoms with E-state index in [0.29, 0.717) is 9.89 Å². The first-order valence-electron chi connectivity index (χ1n) is 7.15. The average molecular weight is 418 g/mol. The minimum Gasteiger partial charge on any atom is -0.600 e. The van der Waals surface area contributed by atoms with Crippen LogP contribution in [-0.2, 0) is 28.0 Å². The van der Waals surface area contributed by atoms with Gasteiger partial charge in [0.25, 0.3) is 0 Å². The van der Waals surface area contributed by atoms with Crippen molar-refractivity contribution in [2.75, 3.05) is 0 Å². The van der Waals surface area contributed by atoms with Crippen molar-refractivity contribution in [1.82, 2.24) is 5.01 Å². The van der Waals surface area contributed by atoms with Gasteiger partial charge in [-0.1, -0.05) is 18.2 Å². The van der Waals surface area contributed by atoms with Gasteiger partial charge >= 0.3 is 6.18 Å². The summed E-state index contributed by atoms with van der Waals surface area (Å²) in [7, 11) is 0. The summed E-state index contributed by atoms with van der Waals surface area (Å²) in [6.07, 6.45) is -4.03. The van der Waals surface area contributed by atoms with E-state index in [1.807, 2.05) is 0 Å². The minimum absolute atomic E-state index is 0. The number of hydrazone groups is 1. The smallest absolute Gasteiger partial charge is 0.411 e. The third-order valence-electron chi connectivity index (χ3n) is 3.57. The van der Waals surface area contributed by atoms with Crippen LogP contribution in [0.3, 0.4) is 0 Å². The first-order valence-corrected chi connectivity index (χ1v) is 8.03. The van der Waals surface area contributed by atoms with Crippen molar-refractivity contribution in [2.24, 2.45) is 5.10 Å². The molecule has 26 heavy (non-hydrogen) atoms. The molecule has 0 aliphatic carbocycles. The summed E-state index contributed by atoms with van der Waals surface area (Å²) < 4.78 is 51.3. The molecule has 5 nitrogen and oxygen atoms in total. The van der Waals surface area contributed by atoms with Crippen LogP contribution in [-0.4, -0.2) is 28.2 Å². The number of phenols is 1. The van der Waals surface area contributed by atoms with Gasteiger partial charge in [0.05, 0.1) is 10.4 Å². The number of hydrogen-bond acceptors (Lipinski definition) is 6. The number of ether oxygens (including phenoxy) is 2. The van der Waals surface area contributed by atoms with Gasteiger partial charge in [-0.2, -0.15) is 18.3 Å². The van der Waals surface area contributed by atoms with E-state index in [1.54, 1.807) is 29.6 Å². The molecule has 2 aromatic rings. The van der Waals surface area contributed by atoms with Crippen molar-refractivity contribution in [3.63, 3.8) is 0 Å². The van der Waals surface area contributed by atoms with E-state index in [2.05, 4.69) is 5.10 Å². The van der Waals surface area contributed by atoms with E-state index in [9.17, 15) is 18.3 Å². The summed E-state index contributed by atoms with van der Waals surface area (Å²) in [5, 5.41) is 16.1. The molecule has 0 amide bonds. The molecule has 1 atom stereocenters. The molecule has 135 valence electrons. The first kappa shape index (κ1) is 18.7. The van der Waals surface area contributed by atoms with E-state index in [1.165, 1.54) is 23.5 Å². The second-order valence-corrected chi connectivity index (χ2v) is 6.18. The number of fused-ring (bicyclic) bond motifs is 1. The SMILES string of the molecule is Oc1ccccc1C1=NN2[C-](OC(c3cccs3)=CC2C(F)(F)F)O1.[V]. The molecule has 1 aromatic carbocycles. The molecule has 1 unspecified atom stereocenters. The summed E-state index contributed by atoms with van der Waals surface area (Å²) in [6.45, 7) is 0. The van der Waals surface area contributed by atoms with Crippen LogP contribution in [0.5, 0.6) is 5.75 Å². The number of benzene rings is 1. The Morgan fingerprint density at radius 2 is 1.92 bits per heavy atom. The molecule has 0 saturated carbocycles. The van der Waals surface area contributed by atoms with Gasteiger partial charge in [-0.15, -0.1) is 11.3 Å². The monoisotopic (exact) mass is 418 g/mol. The maximum Gasteiger partial charge on any atom is 0.411 e. The summed E-state index contributed by atoms with van der Waals surface area (Å²) in [6, 6.07) is 7.41. The summed E-state index contributed by atoms with van der Waals surface area (Å²) >= 11 is 1.25. The molecule has 1 N–H and O–H groups in total. The Bertz CT molecular complexity index is 855. The third kappa shape index (κ3) is 3.29. The number of rotatable bonds is 2. The number of aromatic hydroxyl groups is 1. The Morgan fingerprint density at radius 3 is 2.58 bits per heavy atom. The van der Waals surface area contributed by atoms with E-state index in [0.717, 1.165) is 6.08 Å². The largest absolute Gasteiger partial charge is 0.600 e. The second-order valence-electron chi connectivity index (χ2n) is 5.23. The molecular formula is C16H10F3N2O3SV-. The van der Waals surface area contributed by atoms with Gasteiger partial charge in [0, 0.05) is 18.6 Å². The van der Waals surface area contributed by atoms with Gasteiger partial charge < -0.3 is 19.6 Å². The molecule has 0 saturated heterocycles. The molecule has 4 rings (SSSR count). The fourth-order valence-corrected chi connectivity index (χ4v) is 3.11. The number of halogens is 3. The molecule has 0 spiro atoms. The number of phenolic OH excluding ortho intramolecular Hbond substituents is 1. The molecule has 3 heterocycles. The molecule has 1 aromatic heterocycles. The van der Waals surface area contributed by atoms with Crippen molar-refractivity contribution in [3.05, 3.63) is 64.7 Å². The zero-order valence-corrected chi connectivity index (χ0v) is 15.1. The predicted octanol–water partition coefficient (Wildman–Crippen LogP) is 3.89. The summed E-state index contributed by atoms with van der Waals surface area (Å²) in [4.78, 5) is 0.543. The maximum atomic E-state index is 13.5. The van der Waals surface area contributed by atoms with Crippen LogP contribution in [0.2, 0.25) is 0 Å². The van der Waals surface area contributed by atoms with Gasteiger partial charge in [0.15, 0.2) is 0 Å². The molecule has 0 fully saturated rings. The van der Waals surface area contributed by atoms with Gasteiger partial charge in [-0.3, -0.25) is 0 Å². The first-order chi connectivity index (χ1) is 11.9. The Balaban J connectivity index is 0.00000196.